The number of nitrogens with one attached hydrogen (secondary N) is 1. The van der Waals surface area contributed by atoms with Gasteiger partial charge in [0.05, 0.1) is 0 Å². The van der Waals surface area contributed by atoms with Gasteiger partial charge in [0, 0.05) is 36.1 Å². The van der Waals surface area contributed by atoms with E-state index >= 15 is 0 Å². The summed E-state index contributed by atoms with van der Waals surface area (Å²) in [5, 5.41) is 3.27. The number of aliphatic imine (C=N–C) groups is 2. The molecule has 0 aliphatic heterocycles. The van der Waals surface area contributed by atoms with Gasteiger partial charge >= 0.3 is 0 Å². The Morgan fingerprint density at radius 1 is 0.846 bits per heavy atom. The number of hydrogen-bond acceptors (Lipinski definition) is 3. The Balaban J connectivity index is -0.000000911. The maximum atomic E-state index is 4.59. The number of rotatable bonds is 13. The molecule has 3 heteroatoms. The zero-order valence-electron chi connectivity index (χ0n) is 27.6. The highest BCUT2D eigenvalue weighted by molar-refractivity contribution is 5.96. The summed E-state index contributed by atoms with van der Waals surface area (Å²) in [5.41, 5.74) is 7.08. The molecule has 1 aromatic carbocycles. The van der Waals surface area contributed by atoms with Gasteiger partial charge < -0.3 is 5.32 Å². The highest BCUT2D eigenvalue weighted by Gasteiger charge is 1.98. The second-order valence-electron chi connectivity index (χ2n) is 9.07. The van der Waals surface area contributed by atoms with E-state index in [2.05, 4.69) is 75.2 Å². The van der Waals surface area contributed by atoms with Crippen LogP contribution in [0.3, 0.4) is 0 Å². The van der Waals surface area contributed by atoms with Crippen molar-refractivity contribution in [3.05, 3.63) is 84.8 Å². The fraction of sp³-hybridized carbons (Fsp3) is 0.500. The lowest BCUT2D eigenvalue weighted by Crippen LogP contribution is -1.96. The fourth-order valence-corrected chi connectivity index (χ4v) is 3.21. The van der Waals surface area contributed by atoms with Crippen molar-refractivity contribution < 1.29 is 0 Å². The van der Waals surface area contributed by atoms with Crippen molar-refractivity contribution in [2.75, 3.05) is 12.4 Å². The van der Waals surface area contributed by atoms with Gasteiger partial charge in [0.2, 0.25) is 0 Å². The second kappa shape index (κ2) is 28.1. The summed E-state index contributed by atoms with van der Waals surface area (Å²) in [4.78, 5) is 8.68. The molecule has 0 aromatic heterocycles. The van der Waals surface area contributed by atoms with Crippen molar-refractivity contribution in [2.45, 2.75) is 108 Å². The van der Waals surface area contributed by atoms with Crippen LogP contribution in [0.15, 0.2) is 89.2 Å². The third-order valence-electron chi connectivity index (χ3n) is 5.43. The summed E-state index contributed by atoms with van der Waals surface area (Å²) in [7, 11) is 1.77. The van der Waals surface area contributed by atoms with Crippen molar-refractivity contribution in [1.29, 1.82) is 0 Å². The van der Waals surface area contributed by atoms with Crippen LogP contribution in [0.5, 0.6) is 0 Å². The molecule has 0 amide bonds. The number of anilines is 1. The number of allylic oxidation sites excluding steroid dienone is 6. The molecule has 1 aromatic rings. The molecule has 220 valence electrons. The van der Waals surface area contributed by atoms with E-state index in [1.165, 1.54) is 25.7 Å². The van der Waals surface area contributed by atoms with E-state index in [0.717, 1.165) is 51.9 Å². The average molecular weight is 536 g/mol. The van der Waals surface area contributed by atoms with E-state index in [-0.39, 0.29) is 0 Å². The third-order valence-corrected chi connectivity index (χ3v) is 5.43. The summed E-state index contributed by atoms with van der Waals surface area (Å²) < 4.78 is 0. The predicted octanol–water partition coefficient (Wildman–Crippen LogP) is 11.9. The quantitative estimate of drug-likeness (QED) is 0.198. The molecule has 3 nitrogen and oxygen atoms in total. The normalized spacial score (nSPS) is 11.8. The zero-order chi connectivity index (χ0) is 30.6. The molecule has 39 heavy (non-hydrogen) atoms. The van der Waals surface area contributed by atoms with E-state index in [9.17, 15) is 0 Å². The van der Waals surface area contributed by atoms with Gasteiger partial charge in [-0.1, -0.05) is 118 Å². The Hall–Kier alpha value is -2.94. The van der Waals surface area contributed by atoms with E-state index < -0.39 is 0 Å². The molecule has 0 aliphatic carbocycles. The van der Waals surface area contributed by atoms with Crippen molar-refractivity contribution in [3.8, 4) is 0 Å². The largest absolute Gasteiger partial charge is 0.356 e. The maximum absolute atomic E-state index is 4.59. The summed E-state index contributed by atoms with van der Waals surface area (Å²) in [6.45, 7) is 30.8. The van der Waals surface area contributed by atoms with Crippen LogP contribution in [-0.4, -0.2) is 18.5 Å². The number of benzene rings is 1. The number of hydrogen-bond donors (Lipinski definition) is 1. The molecule has 0 bridgehead atoms. The van der Waals surface area contributed by atoms with E-state index in [4.69, 9.17) is 0 Å². The van der Waals surface area contributed by atoms with Gasteiger partial charge in [0.1, 0.15) is 0 Å². The standard InChI is InChI=1S/C24H31N3.C8H18.2C2H6/c1-8-23(14-9-18(2)3)26-17-19(4)22-12-15-24(16-13-22)27-21(6)11-10-20(5)25-7;1-4-6-8(3)7-5-2;2*1-2/h9-17,27H,2,6,8H2,1,3-5,7H3;8H,4-7H2,1-3H3;2*1-2H3/b11-10-,14-9-,19-17+,25-20?,26-23-;;;. The van der Waals surface area contributed by atoms with Gasteiger partial charge in [-0.25, -0.2) is 0 Å². The molecule has 0 heterocycles. The van der Waals surface area contributed by atoms with Crippen LogP contribution in [0, 0.1) is 5.92 Å². The van der Waals surface area contributed by atoms with Crippen LogP contribution >= 0.6 is 0 Å². The van der Waals surface area contributed by atoms with E-state index in [1.54, 1.807) is 7.05 Å². The van der Waals surface area contributed by atoms with Gasteiger partial charge in [0.15, 0.2) is 0 Å². The minimum absolute atomic E-state index is 0.819. The lowest BCUT2D eigenvalue weighted by molar-refractivity contribution is 0.480. The first-order valence-corrected chi connectivity index (χ1v) is 14.9. The topological polar surface area (TPSA) is 36.8 Å². The average Bonchev–Trinajstić information content (AvgIpc) is 2.94. The zero-order valence-corrected chi connectivity index (χ0v) is 27.6. The van der Waals surface area contributed by atoms with Gasteiger partial charge in [-0.3, -0.25) is 9.98 Å². The molecule has 1 rings (SSSR count). The third kappa shape index (κ3) is 23.9. The van der Waals surface area contributed by atoms with Crippen LogP contribution in [0.1, 0.15) is 114 Å². The fourth-order valence-electron chi connectivity index (χ4n) is 3.21. The molecule has 0 aliphatic rings. The molecule has 1 N–H and O–H groups in total. The molecular weight excluding hydrogens is 474 g/mol. The molecule has 0 saturated heterocycles. The van der Waals surface area contributed by atoms with Crippen LogP contribution in [0.25, 0.3) is 5.57 Å². The minimum atomic E-state index is 0.819. The number of nitrogens with zero attached hydrogens (tertiary/aromatic N) is 2. The van der Waals surface area contributed by atoms with Crippen molar-refractivity contribution >= 4 is 22.7 Å². The van der Waals surface area contributed by atoms with Crippen LogP contribution in [-0.2, 0) is 0 Å². The molecule has 0 radical (unpaired) electrons. The highest BCUT2D eigenvalue weighted by atomic mass is 14.9. The summed E-state index contributed by atoms with van der Waals surface area (Å²) in [5.74, 6) is 0.963. The molecule has 0 spiro atoms. The Morgan fingerprint density at radius 3 is 1.82 bits per heavy atom. The molecule has 0 atom stereocenters. The Bertz CT molecular complexity index is 903. The predicted molar refractivity (Wildman–Crippen MR) is 184 cm³/mol. The molecule has 0 unspecified atom stereocenters. The monoisotopic (exact) mass is 535 g/mol. The van der Waals surface area contributed by atoms with Gasteiger partial charge in [-0.15, -0.1) is 0 Å². The summed E-state index contributed by atoms with van der Waals surface area (Å²) >= 11 is 0. The Kier molecular flexibility index (Phi) is 29.2. The van der Waals surface area contributed by atoms with Crippen molar-refractivity contribution in [1.82, 2.24) is 0 Å². The lowest BCUT2D eigenvalue weighted by atomic mass is 10.0. The SMILES string of the molecule is C=C(C)\C=C/C(CC)=N\C=C(/C)c1ccc(NC(=C)/C=C\C(C)=NC)cc1.CC.CC.CCCC(C)CCC. The smallest absolute Gasteiger partial charge is 0.0401 e. The summed E-state index contributed by atoms with van der Waals surface area (Å²) in [6.07, 6.45) is 16.2. The molecule has 0 fully saturated rings. The van der Waals surface area contributed by atoms with E-state index in [1.807, 2.05) is 84.2 Å². The van der Waals surface area contributed by atoms with Gasteiger partial charge in [0.25, 0.3) is 0 Å². The summed E-state index contributed by atoms with van der Waals surface area (Å²) in [6, 6.07) is 8.24. The van der Waals surface area contributed by atoms with Crippen LogP contribution in [0.4, 0.5) is 5.69 Å². The molecule has 0 saturated carbocycles. The highest BCUT2D eigenvalue weighted by Crippen LogP contribution is 2.18. The van der Waals surface area contributed by atoms with Crippen LogP contribution < -0.4 is 5.32 Å². The minimum Gasteiger partial charge on any atom is -0.356 e. The van der Waals surface area contributed by atoms with Crippen molar-refractivity contribution in [3.63, 3.8) is 0 Å². The van der Waals surface area contributed by atoms with Crippen molar-refractivity contribution in [2.24, 2.45) is 15.9 Å². The first-order valence-electron chi connectivity index (χ1n) is 14.9. The lowest BCUT2D eigenvalue weighted by Gasteiger charge is -2.07. The molecular formula is C36H61N3. The van der Waals surface area contributed by atoms with E-state index in [0.29, 0.717) is 0 Å². The first kappa shape index (κ1) is 40.6. The van der Waals surface area contributed by atoms with Crippen LogP contribution in [0.2, 0.25) is 0 Å². The Labute approximate surface area is 243 Å². The maximum Gasteiger partial charge on any atom is 0.0401 e. The first-order chi connectivity index (χ1) is 18.7. The van der Waals surface area contributed by atoms with Gasteiger partial charge in [-0.05, 0) is 74.6 Å². The second-order valence-corrected chi connectivity index (χ2v) is 9.07. The van der Waals surface area contributed by atoms with Gasteiger partial charge in [-0.2, -0.15) is 0 Å². The Morgan fingerprint density at radius 2 is 1.38 bits per heavy atom.